The molecule has 0 spiro atoms. The van der Waals surface area contributed by atoms with E-state index in [-0.39, 0.29) is 0 Å². The summed E-state index contributed by atoms with van der Waals surface area (Å²) in [6, 6.07) is 17.3. The molecule has 0 aliphatic carbocycles. The first-order valence-electron chi connectivity index (χ1n) is 10.00. The average Bonchev–Trinajstić information content (AvgIpc) is 3.13. The number of rotatable bonds is 6. The highest BCUT2D eigenvalue weighted by Crippen LogP contribution is 2.32. The van der Waals surface area contributed by atoms with Gasteiger partial charge in [-0.15, -0.1) is 0 Å². The van der Waals surface area contributed by atoms with Crippen molar-refractivity contribution in [3.05, 3.63) is 60.8 Å². The predicted molar refractivity (Wildman–Crippen MR) is 119 cm³/mol. The lowest BCUT2D eigenvalue weighted by Gasteiger charge is -2.20. The zero-order chi connectivity index (χ0) is 21.7. The van der Waals surface area contributed by atoms with Gasteiger partial charge in [-0.3, -0.25) is 0 Å². The number of ether oxygens (including phenoxy) is 2. The van der Waals surface area contributed by atoms with E-state index in [1.807, 2.05) is 89.5 Å². The Balaban J connectivity index is 2.02. The molecule has 0 radical (unpaired) electrons. The third-order valence-electron chi connectivity index (χ3n) is 4.29. The maximum Gasteiger partial charge on any atom is 0.420 e. The first-order valence-corrected chi connectivity index (χ1v) is 10.00. The molecular weight excluding hydrogens is 378 g/mol. The summed E-state index contributed by atoms with van der Waals surface area (Å²) >= 11 is 0. The standard InChI is InChI=1S/C24H29N3O3/c1-24(2,3)30-23(28)27-17-20(25-22(27)18-11-7-6-8-12-18)19-13-9-10-14-21(19)29-16-15-26(4)5/h6-14,17H,15-16H2,1-5H3. The molecule has 0 atom stereocenters. The summed E-state index contributed by atoms with van der Waals surface area (Å²) in [7, 11) is 4.01. The molecule has 0 aliphatic rings. The van der Waals surface area contributed by atoms with Gasteiger partial charge >= 0.3 is 6.09 Å². The van der Waals surface area contributed by atoms with Gasteiger partial charge in [-0.1, -0.05) is 42.5 Å². The van der Waals surface area contributed by atoms with Crippen molar-refractivity contribution < 1.29 is 14.3 Å². The third kappa shape index (κ3) is 5.48. The van der Waals surface area contributed by atoms with Crippen LogP contribution in [-0.4, -0.2) is 53.4 Å². The van der Waals surface area contributed by atoms with Gasteiger partial charge in [0.1, 0.15) is 23.8 Å². The Hall–Kier alpha value is -3.12. The van der Waals surface area contributed by atoms with Crippen LogP contribution in [0.5, 0.6) is 5.75 Å². The summed E-state index contributed by atoms with van der Waals surface area (Å²) in [5.74, 6) is 1.26. The van der Waals surface area contributed by atoms with Crippen LogP contribution >= 0.6 is 0 Å². The molecule has 3 aromatic rings. The molecule has 1 heterocycles. The van der Waals surface area contributed by atoms with Gasteiger partial charge in [0.15, 0.2) is 0 Å². The van der Waals surface area contributed by atoms with Gasteiger partial charge in [-0.05, 0) is 47.0 Å². The molecule has 1 aromatic heterocycles. The van der Waals surface area contributed by atoms with Gasteiger partial charge in [-0.25, -0.2) is 14.3 Å². The smallest absolute Gasteiger partial charge is 0.420 e. The summed E-state index contributed by atoms with van der Waals surface area (Å²) < 4.78 is 13.1. The Labute approximate surface area is 178 Å². The normalized spacial score (nSPS) is 11.5. The molecule has 0 saturated heterocycles. The largest absolute Gasteiger partial charge is 0.492 e. The summed E-state index contributed by atoms with van der Waals surface area (Å²) in [6.07, 6.45) is 1.25. The zero-order valence-corrected chi connectivity index (χ0v) is 18.3. The van der Waals surface area contributed by atoms with E-state index in [4.69, 9.17) is 14.5 Å². The van der Waals surface area contributed by atoms with Gasteiger partial charge in [0.05, 0.1) is 5.69 Å². The van der Waals surface area contributed by atoms with Crippen molar-refractivity contribution in [3.63, 3.8) is 0 Å². The van der Waals surface area contributed by atoms with Crippen molar-refractivity contribution in [3.8, 4) is 28.4 Å². The number of benzene rings is 2. The lowest BCUT2D eigenvalue weighted by Crippen LogP contribution is -2.27. The zero-order valence-electron chi connectivity index (χ0n) is 18.3. The average molecular weight is 408 g/mol. The molecule has 0 amide bonds. The van der Waals surface area contributed by atoms with E-state index >= 15 is 0 Å². The predicted octanol–water partition coefficient (Wildman–Crippen LogP) is 4.94. The van der Waals surface area contributed by atoms with Crippen molar-refractivity contribution in [2.75, 3.05) is 27.2 Å². The van der Waals surface area contributed by atoms with Crippen molar-refractivity contribution in [2.45, 2.75) is 26.4 Å². The van der Waals surface area contributed by atoms with Crippen LogP contribution in [0.15, 0.2) is 60.8 Å². The van der Waals surface area contributed by atoms with Crippen LogP contribution in [0, 0.1) is 0 Å². The van der Waals surface area contributed by atoms with Crippen LogP contribution in [-0.2, 0) is 4.74 Å². The highest BCUT2D eigenvalue weighted by molar-refractivity contribution is 5.80. The highest BCUT2D eigenvalue weighted by atomic mass is 16.6. The van der Waals surface area contributed by atoms with Crippen molar-refractivity contribution in [2.24, 2.45) is 0 Å². The van der Waals surface area contributed by atoms with Crippen LogP contribution in [0.1, 0.15) is 20.8 Å². The molecule has 0 bridgehead atoms. The molecule has 0 aliphatic heterocycles. The molecular formula is C24H29N3O3. The van der Waals surface area contributed by atoms with Crippen LogP contribution in [0.3, 0.4) is 0 Å². The van der Waals surface area contributed by atoms with E-state index in [0.717, 1.165) is 23.4 Å². The lowest BCUT2D eigenvalue weighted by atomic mass is 10.1. The first-order chi connectivity index (χ1) is 14.2. The van der Waals surface area contributed by atoms with Crippen LogP contribution in [0.25, 0.3) is 22.6 Å². The fourth-order valence-electron chi connectivity index (χ4n) is 2.89. The van der Waals surface area contributed by atoms with Gasteiger partial charge < -0.3 is 14.4 Å². The van der Waals surface area contributed by atoms with Crippen LogP contribution in [0.2, 0.25) is 0 Å². The lowest BCUT2D eigenvalue weighted by molar-refractivity contribution is 0.0539. The van der Waals surface area contributed by atoms with Gasteiger partial charge in [-0.2, -0.15) is 0 Å². The van der Waals surface area contributed by atoms with Crippen molar-refractivity contribution >= 4 is 6.09 Å². The number of imidazole rings is 1. The molecule has 3 rings (SSSR count). The molecule has 6 nitrogen and oxygen atoms in total. The first kappa shape index (κ1) is 21.6. The summed E-state index contributed by atoms with van der Waals surface area (Å²) in [6.45, 7) is 6.90. The number of hydrogen-bond donors (Lipinski definition) is 0. The molecule has 0 fully saturated rings. The summed E-state index contributed by atoms with van der Waals surface area (Å²) in [5.41, 5.74) is 1.71. The molecule has 6 heteroatoms. The number of aromatic nitrogens is 2. The van der Waals surface area contributed by atoms with Gasteiger partial charge in [0.2, 0.25) is 0 Å². The summed E-state index contributed by atoms with van der Waals surface area (Å²) in [5, 5.41) is 0. The van der Waals surface area contributed by atoms with E-state index in [1.54, 1.807) is 6.20 Å². The number of hydrogen-bond acceptors (Lipinski definition) is 5. The van der Waals surface area contributed by atoms with Crippen LogP contribution < -0.4 is 4.74 Å². The Morgan fingerprint density at radius 1 is 1.03 bits per heavy atom. The third-order valence-corrected chi connectivity index (χ3v) is 4.29. The van der Waals surface area contributed by atoms with Crippen molar-refractivity contribution in [1.29, 1.82) is 0 Å². The Kier molecular flexibility index (Phi) is 6.57. The van der Waals surface area contributed by atoms with Crippen LogP contribution in [0.4, 0.5) is 4.79 Å². The Morgan fingerprint density at radius 2 is 1.70 bits per heavy atom. The monoisotopic (exact) mass is 407 g/mol. The minimum Gasteiger partial charge on any atom is -0.492 e. The Morgan fingerprint density at radius 3 is 2.37 bits per heavy atom. The van der Waals surface area contributed by atoms with Gasteiger partial charge in [0, 0.05) is 23.9 Å². The second-order valence-corrected chi connectivity index (χ2v) is 8.31. The van der Waals surface area contributed by atoms with Crippen molar-refractivity contribution in [1.82, 2.24) is 14.5 Å². The Bertz CT molecular complexity index is 988. The molecule has 30 heavy (non-hydrogen) atoms. The van der Waals surface area contributed by atoms with E-state index in [9.17, 15) is 4.79 Å². The second kappa shape index (κ2) is 9.13. The highest BCUT2D eigenvalue weighted by Gasteiger charge is 2.23. The fourth-order valence-corrected chi connectivity index (χ4v) is 2.89. The molecule has 0 saturated carbocycles. The molecule has 0 N–H and O–H groups in total. The molecule has 158 valence electrons. The number of likely N-dealkylation sites (N-methyl/N-ethyl adjacent to an activating group) is 1. The summed E-state index contributed by atoms with van der Waals surface area (Å²) in [4.78, 5) is 19.7. The maximum absolute atomic E-state index is 12.9. The minimum absolute atomic E-state index is 0.467. The fraction of sp³-hybridized carbons (Fsp3) is 0.333. The van der Waals surface area contributed by atoms with E-state index in [1.165, 1.54) is 4.57 Å². The maximum atomic E-state index is 12.9. The molecule has 2 aromatic carbocycles. The van der Waals surface area contributed by atoms with Gasteiger partial charge in [0.25, 0.3) is 0 Å². The quantitative estimate of drug-likeness (QED) is 0.579. The second-order valence-electron chi connectivity index (χ2n) is 8.31. The number of carbonyl (C=O) groups excluding carboxylic acids is 1. The SMILES string of the molecule is CN(C)CCOc1ccccc1-c1cn(C(=O)OC(C)(C)C)c(-c2ccccc2)n1. The topological polar surface area (TPSA) is 56.6 Å². The number of para-hydroxylation sites is 1. The van der Waals surface area contributed by atoms with E-state index < -0.39 is 11.7 Å². The molecule has 0 unspecified atom stereocenters. The number of carbonyl (C=O) groups is 1. The minimum atomic E-state index is -0.608. The van der Waals surface area contributed by atoms with E-state index in [2.05, 4.69) is 4.90 Å². The number of nitrogens with zero attached hydrogens (tertiary/aromatic N) is 3. The van der Waals surface area contributed by atoms with E-state index in [0.29, 0.717) is 18.1 Å².